The summed E-state index contributed by atoms with van der Waals surface area (Å²) in [6, 6.07) is 21.0. The predicted octanol–water partition coefficient (Wildman–Crippen LogP) is 2.36. The molecule has 0 aliphatic carbocycles. The van der Waals surface area contributed by atoms with Crippen molar-refractivity contribution in [2.24, 2.45) is 11.7 Å². The van der Waals surface area contributed by atoms with E-state index in [0.29, 0.717) is 25.3 Å². The van der Waals surface area contributed by atoms with Crippen LogP contribution in [0, 0.1) is 12.8 Å². The molecule has 0 spiro atoms. The van der Waals surface area contributed by atoms with Crippen LogP contribution in [-0.2, 0) is 0 Å². The molecule has 0 saturated carbocycles. The molecule has 2 aromatic carbocycles. The summed E-state index contributed by atoms with van der Waals surface area (Å²) in [7, 11) is 0. The van der Waals surface area contributed by atoms with Crippen LogP contribution >= 0.6 is 0 Å². The van der Waals surface area contributed by atoms with Gasteiger partial charge in [-0.3, -0.25) is 9.59 Å². The van der Waals surface area contributed by atoms with Gasteiger partial charge in [-0.1, -0.05) is 48.5 Å². The Morgan fingerprint density at radius 3 is 2.38 bits per heavy atom. The predicted molar refractivity (Wildman–Crippen MR) is 112 cm³/mol. The Labute approximate surface area is 169 Å². The van der Waals surface area contributed by atoms with E-state index in [1.807, 2.05) is 48.5 Å². The van der Waals surface area contributed by atoms with E-state index in [1.54, 1.807) is 16.5 Å². The topological polar surface area (TPSA) is 81.2 Å². The van der Waals surface area contributed by atoms with E-state index in [9.17, 15) is 9.59 Å². The largest absolute Gasteiger partial charge is 0.336 e. The van der Waals surface area contributed by atoms with Crippen LogP contribution in [0.4, 0.5) is 0 Å². The van der Waals surface area contributed by atoms with E-state index >= 15 is 0 Å². The van der Waals surface area contributed by atoms with Crippen molar-refractivity contribution in [1.82, 2.24) is 14.7 Å². The second kappa shape index (κ2) is 8.01. The molecule has 2 heterocycles. The molecule has 0 radical (unpaired) electrons. The van der Waals surface area contributed by atoms with Gasteiger partial charge in [0.25, 0.3) is 5.91 Å². The van der Waals surface area contributed by atoms with E-state index in [1.165, 1.54) is 6.07 Å². The number of rotatable bonds is 4. The second-order valence-electron chi connectivity index (χ2n) is 7.47. The van der Waals surface area contributed by atoms with E-state index < -0.39 is 0 Å². The van der Waals surface area contributed by atoms with E-state index in [-0.39, 0.29) is 28.9 Å². The first-order chi connectivity index (χ1) is 14.1. The van der Waals surface area contributed by atoms with E-state index in [0.717, 1.165) is 11.3 Å². The van der Waals surface area contributed by atoms with Crippen molar-refractivity contribution in [1.29, 1.82) is 0 Å². The van der Waals surface area contributed by atoms with Gasteiger partial charge in [-0.15, -0.1) is 0 Å². The summed E-state index contributed by atoms with van der Waals surface area (Å²) in [4.78, 5) is 27.5. The molecule has 2 N–H and O–H groups in total. The van der Waals surface area contributed by atoms with Crippen molar-refractivity contribution in [2.45, 2.75) is 12.8 Å². The van der Waals surface area contributed by atoms with Crippen molar-refractivity contribution in [2.75, 3.05) is 19.6 Å². The summed E-state index contributed by atoms with van der Waals surface area (Å²) in [5.41, 5.74) is 8.24. The van der Waals surface area contributed by atoms with Crippen molar-refractivity contribution in [3.05, 3.63) is 93.9 Å². The van der Waals surface area contributed by atoms with Gasteiger partial charge >= 0.3 is 0 Å². The summed E-state index contributed by atoms with van der Waals surface area (Å²) in [6.45, 7) is 3.35. The summed E-state index contributed by atoms with van der Waals surface area (Å²) in [5.74, 6) is -0.0216. The van der Waals surface area contributed by atoms with Crippen LogP contribution in [0.1, 0.15) is 27.7 Å². The summed E-state index contributed by atoms with van der Waals surface area (Å²) < 4.78 is 1.64. The van der Waals surface area contributed by atoms with Crippen molar-refractivity contribution >= 4 is 5.91 Å². The molecule has 1 aliphatic heterocycles. The zero-order chi connectivity index (χ0) is 20.4. The van der Waals surface area contributed by atoms with Gasteiger partial charge in [-0.2, -0.15) is 5.10 Å². The normalized spacial score (nSPS) is 18.8. The molecule has 0 unspecified atom stereocenters. The van der Waals surface area contributed by atoms with Gasteiger partial charge in [0.2, 0.25) is 5.43 Å². The SMILES string of the molecule is Cc1cc(=O)c(C(=O)N2C[C@@H](CN)[C@H](c3ccccc3)C2)nn1-c1ccccc1. The van der Waals surface area contributed by atoms with Crippen LogP contribution in [0.15, 0.2) is 71.5 Å². The average molecular weight is 388 g/mol. The third-order valence-electron chi connectivity index (χ3n) is 5.57. The first-order valence-electron chi connectivity index (χ1n) is 9.79. The van der Waals surface area contributed by atoms with Gasteiger partial charge in [0.05, 0.1) is 5.69 Å². The van der Waals surface area contributed by atoms with Crippen LogP contribution < -0.4 is 11.2 Å². The number of hydrogen-bond donors (Lipinski definition) is 1. The fraction of sp³-hybridized carbons (Fsp3) is 0.261. The molecule has 0 bridgehead atoms. The summed E-state index contributed by atoms with van der Waals surface area (Å²) >= 11 is 0. The maximum absolute atomic E-state index is 13.2. The third-order valence-corrected chi connectivity index (χ3v) is 5.57. The number of nitrogens with zero attached hydrogens (tertiary/aromatic N) is 3. The van der Waals surface area contributed by atoms with Crippen LogP contribution in [0.3, 0.4) is 0 Å². The first-order valence-corrected chi connectivity index (χ1v) is 9.79. The van der Waals surface area contributed by atoms with Crippen LogP contribution in [-0.4, -0.2) is 40.2 Å². The number of likely N-dealkylation sites (tertiary alicyclic amines) is 1. The molecular weight excluding hydrogens is 364 g/mol. The quantitative estimate of drug-likeness (QED) is 0.744. The molecule has 29 heavy (non-hydrogen) atoms. The number of aryl methyl sites for hydroxylation is 1. The lowest BCUT2D eigenvalue weighted by atomic mass is 9.89. The molecule has 3 aromatic rings. The van der Waals surface area contributed by atoms with Crippen molar-refractivity contribution < 1.29 is 4.79 Å². The van der Waals surface area contributed by atoms with Gasteiger partial charge in [0.15, 0.2) is 5.69 Å². The van der Waals surface area contributed by atoms with E-state index in [2.05, 4.69) is 17.2 Å². The Kier molecular flexibility index (Phi) is 5.27. The molecule has 1 fully saturated rings. The molecular formula is C23H24N4O2. The number of benzene rings is 2. The fourth-order valence-electron chi connectivity index (χ4n) is 4.03. The lowest BCUT2D eigenvalue weighted by Crippen LogP contribution is -2.35. The number of aromatic nitrogens is 2. The molecule has 1 amide bonds. The lowest BCUT2D eigenvalue weighted by molar-refractivity contribution is 0.0777. The van der Waals surface area contributed by atoms with Gasteiger partial charge in [0, 0.05) is 30.8 Å². The Bertz CT molecular complexity index is 1060. The van der Waals surface area contributed by atoms with Crippen LogP contribution in [0.5, 0.6) is 0 Å². The monoisotopic (exact) mass is 388 g/mol. The highest BCUT2D eigenvalue weighted by Gasteiger charge is 2.36. The highest BCUT2D eigenvalue weighted by atomic mass is 16.2. The average Bonchev–Trinajstić information content (AvgIpc) is 3.19. The standard InChI is InChI=1S/C23H24N4O2/c1-16-12-21(28)22(25-27(16)19-10-6-3-7-11-19)23(29)26-14-18(13-24)20(15-26)17-8-4-2-5-9-17/h2-12,18,20H,13-15,24H2,1H3/t18-,20+/m1/s1. The highest BCUT2D eigenvalue weighted by molar-refractivity contribution is 5.92. The number of carbonyl (C=O) groups excluding carboxylic acids is 1. The number of nitrogens with two attached hydrogens (primary N) is 1. The first kappa shape index (κ1) is 19.1. The molecule has 1 aliphatic rings. The van der Waals surface area contributed by atoms with Gasteiger partial charge in [-0.25, -0.2) is 4.68 Å². The Morgan fingerprint density at radius 2 is 1.72 bits per heavy atom. The van der Waals surface area contributed by atoms with Gasteiger partial charge in [0.1, 0.15) is 0 Å². The smallest absolute Gasteiger partial charge is 0.278 e. The van der Waals surface area contributed by atoms with Gasteiger partial charge < -0.3 is 10.6 Å². The number of carbonyl (C=O) groups is 1. The lowest BCUT2D eigenvalue weighted by Gasteiger charge is -2.17. The number of hydrogen-bond acceptors (Lipinski definition) is 4. The maximum Gasteiger partial charge on any atom is 0.278 e. The van der Waals surface area contributed by atoms with E-state index in [4.69, 9.17) is 5.73 Å². The maximum atomic E-state index is 13.2. The zero-order valence-corrected chi connectivity index (χ0v) is 16.4. The zero-order valence-electron chi connectivity index (χ0n) is 16.4. The molecule has 1 aromatic heterocycles. The summed E-state index contributed by atoms with van der Waals surface area (Å²) in [6.07, 6.45) is 0. The van der Waals surface area contributed by atoms with Crippen molar-refractivity contribution in [3.8, 4) is 5.69 Å². The Hall–Kier alpha value is -3.25. The molecule has 2 atom stereocenters. The van der Waals surface area contributed by atoms with Crippen LogP contribution in [0.2, 0.25) is 0 Å². The number of para-hydroxylation sites is 1. The van der Waals surface area contributed by atoms with Gasteiger partial charge in [-0.05, 0) is 37.1 Å². The summed E-state index contributed by atoms with van der Waals surface area (Å²) in [5, 5.41) is 4.42. The van der Waals surface area contributed by atoms with Crippen molar-refractivity contribution in [3.63, 3.8) is 0 Å². The third kappa shape index (κ3) is 3.71. The molecule has 6 nitrogen and oxygen atoms in total. The minimum absolute atomic E-state index is 0.0519. The molecule has 1 saturated heterocycles. The minimum Gasteiger partial charge on any atom is -0.336 e. The minimum atomic E-state index is -0.354. The second-order valence-corrected chi connectivity index (χ2v) is 7.47. The van der Waals surface area contributed by atoms with Crippen LogP contribution in [0.25, 0.3) is 5.69 Å². The molecule has 6 heteroatoms. The highest BCUT2D eigenvalue weighted by Crippen LogP contribution is 2.32. The fourth-order valence-corrected chi connectivity index (χ4v) is 4.03. The molecule has 4 rings (SSSR count). The Morgan fingerprint density at radius 1 is 1.07 bits per heavy atom. The Balaban J connectivity index is 1.66. The number of amides is 1. The molecule has 148 valence electrons.